The number of isocyanates is 2. The summed E-state index contributed by atoms with van der Waals surface area (Å²) in [5.41, 5.74) is 0. The molecule has 0 spiro atoms. The number of aliphatic imine (C=N–C) groups is 2. The number of unbranched alkanes of at least 4 members (excludes halogenated alkanes) is 1. The van der Waals surface area contributed by atoms with E-state index in [1.165, 1.54) is 6.08 Å². The lowest BCUT2D eigenvalue weighted by Gasteiger charge is -2.10. The predicted molar refractivity (Wildman–Crippen MR) is 58.3 cm³/mol. The molecule has 2 atom stereocenters. The van der Waals surface area contributed by atoms with E-state index in [1.807, 2.05) is 6.92 Å². The van der Waals surface area contributed by atoms with Gasteiger partial charge in [-0.15, -0.1) is 0 Å². The monoisotopic (exact) mass is 210 g/mol. The molecule has 0 N–H and O–H groups in total. The molecular weight excluding hydrogens is 192 g/mol. The SMILES string of the molecule is CCCCC(CCC(C)N=C=O)N=C=O. The molecule has 0 aliphatic carbocycles. The lowest BCUT2D eigenvalue weighted by molar-refractivity contribution is 0.488. The lowest BCUT2D eigenvalue weighted by Crippen LogP contribution is -2.08. The van der Waals surface area contributed by atoms with E-state index >= 15 is 0 Å². The Labute approximate surface area is 90.5 Å². The van der Waals surface area contributed by atoms with Crippen LogP contribution in [-0.2, 0) is 9.59 Å². The number of rotatable bonds is 8. The molecule has 4 heteroatoms. The number of hydrogen-bond donors (Lipinski definition) is 0. The fraction of sp³-hybridized carbons (Fsp3) is 0.818. The van der Waals surface area contributed by atoms with Crippen LogP contribution >= 0.6 is 0 Å². The summed E-state index contributed by atoms with van der Waals surface area (Å²) in [5.74, 6) is 0. The van der Waals surface area contributed by atoms with E-state index in [2.05, 4.69) is 16.9 Å². The van der Waals surface area contributed by atoms with E-state index in [0.29, 0.717) is 0 Å². The van der Waals surface area contributed by atoms with Gasteiger partial charge >= 0.3 is 0 Å². The van der Waals surface area contributed by atoms with E-state index in [0.717, 1.165) is 32.1 Å². The van der Waals surface area contributed by atoms with Crippen molar-refractivity contribution < 1.29 is 9.59 Å². The van der Waals surface area contributed by atoms with Crippen LogP contribution in [0.25, 0.3) is 0 Å². The zero-order valence-electron chi connectivity index (χ0n) is 9.40. The molecule has 0 saturated heterocycles. The normalized spacial score (nSPS) is 13.5. The molecule has 15 heavy (non-hydrogen) atoms. The maximum atomic E-state index is 10.2. The number of carbonyl (C=O) groups excluding carboxylic acids is 2. The first-order valence-electron chi connectivity index (χ1n) is 5.38. The average molecular weight is 210 g/mol. The van der Waals surface area contributed by atoms with Crippen molar-refractivity contribution in [3.8, 4) is 0 Å². The van der Waals surface area contributed by atoms with Gasteiger partial charge in [0.15, 0.2) is 0 Å². The van der Waals surface area contributed by atoms with Crippen LogP contribution in [-0.4, -0.2) is 24.2 Å². The van der Waals surface area contributed by atoms with E-state index in [4.69, 9.17) is 0 Å². The summed E-state index contributed by atoms with van der Waals surface area (Å²) < 4.78 is 0. The van der Waals surface area contributed by atoms with Gasteiger partial charge in [-0.2, -0.15) is 0 Å². The van der Waals surface area contributed by atoms with Crippen LogP contribution in [0.2, 0.25) is 0 Å². The van der Waals surface area contributed by atoms with Gasteiger partial charge in [-0.05, 0) is 26.2 Å². The highest BCUT2D eigenvalue weighted by Crippen LogP contribution is 2.12. The summed E-state index contributed by atoms with van der Waals surface area (Å²) in [7, 11) is 0. The minimum absolute atomic E-state index is 0.0338. The number of hydrogen-bond acceptors (Lipinski definition) is 4. The predicted octanol–water partition coefficient (Wildman–Crippen LogP) is 2.39. The van der Waals surface area contributed by atoms with Crippen molar-refractivity contribution in [1.29, 1.82) is 0 Å². The van der Waals surface area contributed by atoms with Crippen LogP contribution in [0.4, 0.5) is 0 Å². The van der Waals surface area contributed by atoms with Crippen LogP contribution in [0.15, 0.2) is 9.98 Å². The van der Waals surface area contributed by atoms with Crippen molar-refractivity contribution in [3.63, 3.8) is 0 Å². The molecule has 0 heterocycles. The Hall–Kier alpha value is -1.24. The molecular formula is C11H18N2O2. The maximum Gasteiger partial charge on any atom is 0.235 e. The van der Waals surface area contributed by atoms with Gasteiger partial charge in [0.25, 0.3) is 0 Å². The first-order chi connectivity index (χ1) is 7.24. The van der Waals surface area contributed by atoms with Gasteiger partial charge in [-0.25, -0.2) is 19.6 Å². The molecule has 0 aromatic heterocycles. The first-order valence-corrected chi connectivity index (χ1v) is 5.38. The van der Waals surface area contributed by atoms with Crippen LogP contribution in [0, 0.1) is 0 Å². The van der Waals surface area contributed by atoms with Gasteiger partial charge < -0.3 is 0 Å². The fourth-order valence-electron chi connectivity index (χ4n) is 1.38. The molecule has 0 rings (SSSR count). The molecule has 4 nitrogen and oxygen atoms in total. The molecule has 2 unspecified atom stereocenters. The summed E-state index contributed by atoms with van der Waals surface area (Å²) in [4.78, 5) is 27.5. The molecule has 0 aromatic rings. The smallest absolute Gasteiger partial charge is 0.211 e. The molecule has 0 radical (unpaired) electrons. The Morgan fingerprint density at radius 2 is 1.73 bits per heavy atom. The van der Waals surface area contributed by atoms with Crippen LogP contribution < -0.4 is 0 Å². The second-order valence-electron chi connectivity index (χ2n) is 3.66. The van der Waals surface area contributed by atoms with Gasteiger partial charge in [0, 0.05) is 0 Å². The highest BCUT2D eigenvalue weighted by atomic mass is 16.1. The zero-order chi connectivity index (χ0) is 11.5. The second kappa shape index (κ2) is 9.32. The Morgan fingerprint density at radius 3 is 2.27 bits per heavy atom. The molecule has 0 fully saturated rings. The van der Waals surface area contributed by atoms with E-state index in [-0.39, 0.29) is 12.1 Å². The summed E-state index contributed by atoms with van der Waals surface area (Å²) in [5, 5.41) is 0. The van der Waals surface area contributed by atoms with Gasteiger partial charge in [-0.3, -0.25) is 0 Å². The average Bonchev–Trinajstić information content (AvgIpc) is 2.22. The van der Waals surface area contributed by atoms with Gasteiger partial charge in [0.05, 0.1) is 12.1 Å². The molecule has 0 aromatic carbocycles. The highest BCUT2D eigenvalue weighted by molar-refractivity contribution is 5.34. The van der Waals surface area contributed by atoms with Crippen LogP contribution in [0.3, 0.4) is 0 Å². The van der Waals surface area contributed by atoms with Crippen LogP contribution in [0.5, 0.6) is 0 Å². The van der Waals surface area contributed by atoms with Gasteiger partial charge in [-0.1, -0.05) is 19.8 Å². The minimum Gasteiger partial charge on any atom is -0.211 e. The van der Waals surface area contributed by atoms with Crippen molar-refractivity contribution in [1.82, 2.24) is 0 Å². The highest BCUT2D eigenvalue weighted by Gasteiger charge is 2.08. The minimum atomic E-state index is -0.0338. The largest absolute Gasteiger partial charge is 0.235 e. The van der Waals surface area contributed by atoms with Gasteiger partial charge in [0.2, 0.25) is 12.2 Å². The standard InChI is InChI=1S/C11H18N2O2/c1-3-4-5-11(13-9-15)7-6-10(2)12-8-14/h10-11H,3-7H2,1-2H3. The van der Waals surface area contributed by atoms with Crippen molar-refractivity contribution in [2.24, 2.45) is 9.98 Å². The number of nitrogens with zero attached hydrogens (tertiary/aromatic N) is 2. The molecule has 84 valence electrons. The van der Waals surface area contributed by atoms with E-state index < -0.39 is 0 Å². The van der Waals surface area contributed by atoms with E-state index in [1.54, 1.807) is 6.08 Å². The quantitative estimate of drug-likeness (QED) is 0.456. The Bertz CT molecular complexity index is 253. The van der Waals surface area contributed by atoms with Crippen molar-refractivity contribution in [2.45, 2.75) is 58.0 Å². The molecule has 0 bridgehead atoms. The third-order valence-electron chi connectivity index (χ3n) is 2.32. The summed E-state index contributed by atoms with van der Waals surface area (Å²) in [6.07, 6.45) is 7.72. The maximum absolute atomic E-state index is 10.2. The van der Waals surface area contributed by atoms with Crippen molar-refractivity contribution in [3.05, 3.63) is 0 Å². The Kier molecular flexibility index (Phi) is 8.55. The van der Waals surface area contributed by atoms with Crippen LogP contribution in [0.1, 0.15) is 46.0 Å². The van der Waals surface area contributed by atoms with Crippen molar-refractivity contribution >= 4 is 12.2 Å². The summed E-state index contributed by atoms with van der Waals surface area (Å²) >= 11 is 0. The summed E-state index contributed by atoms with van der Waals surface area (Å²) in [6.45, 7) is 3.95. The molecule has 0 amide bonds. The van der Waals surface area contributed by atoms with E-state index in [9.17, 15) is 9.59 Å². The zero-order valence-corrected chi connectivity index (χ0v) is 9.40. The third kappa shape index (κ3) is 7.80. The molecule has 0 saturated carbocycles. The first kappa shape index (κ1) is 13.8. The Balaban J connectivity index is 3.94. The second-order valence-corrected chi connectivity index (χ2v) is 3.66. The summed E-state index contributed by atoms with van der Waals surface area (Å²) in [6, 6.07) is 0.000214. The molecule has 0 aliphatic heterocycles. The fourth-order valence-corrected chi connectivity index (χ4v) is 1.38. The topological polar surface area (TPSA) is 58.9 Å². The third-order valence-corrected chi connectivity index (χ3v) is 2.32. The lowest BCUT2D eigenvalue weighted by atomic mass is 10.0. The van der Waals surface area contributed by atoms with Crippen molar-refractivity contribution in [2.75, 3.05) is 0 Å². The molecule has 0 aliphatic rings. The van der Waals surface area contributed by atoms with Gasteiger partial charge in [0.1, 0.15) is 0 Å². The Morgan fingerprint density at radius 1 is 1.07 bits per heavy atom.